The molecule has 0 unspecified atom stereocenters. The molecule has 5 heteroatoms. The first kappa shape index (κ1) is 15.0. The highest BCUT2D eigenvalue weighted by Crippen LogP contribution is 2.26. The maximum atomic E-state index is 5.16. The highest BCUT2D eigenvalue weighted by molar-refractivity contribution is 5.45. The molecule has 0 saturated carbocycles. The van der Waals surface area contributed by atoms with Gasteiger partial charge in [-0.05, 0) is 30.2 Å². The van der Waals surface area contributed by atoms with Crippen molar-refractivity contribution in [2.24, 2.45) is 0 Å². The molecule has 1 aromatic carbocycles. The zero-order chi connectivity index (χ0) is 16.1. The Morgan fingerprint density at radius 3 is 2.35 bits per heavy atom. The minimum absolute atomic E-state index is 0.0294. The van der Waals surface area contributed by atoms with E-state index < -0.39 is 0 Å². The van der Waals surface area contributed by atoms with Crippen molar-refractivity contribution in [1.29, 1.82) is 0 Å². The van der Waals surface area contributed by atoms with E-state index in [2.05, 4.69) is 51.5 Å². The van der Waals surface area contributed by atoms with Gasteiger partial charge < -0.3 is 10.1 Å². The predicted octanol–water partition coefficient (Wildman–Crippen LogP) is 3.39. The molecule has 0 fully saturated rings. The Hall–Kier alpha value is -2.95. The molecule has 23 heavy (non-hydrogen) atoms. The fraction of sp³-hybridized carbons (Fsp3) is 0.167. The quantitative estimate of drug-likeness (QED) is 0.783. The predicted molar refractivity (Wildman–Crippen MR) is 89.5 cm³/mol. The molecule has 3 aromatic rings. The zero-order valence-electron chi connectivity index (χ0n) is 13.1. The third-order valence-electron chi connectivity index (χ3n) is 3.59. The molecule has 0 aliphatic heterocycles. The van der Waals surface area contributed by atoms with Gasteiger partial charge >= 0.3 is 0 Å². The molecule has 1 N–H and O–H groups in total. The van der Waals surface area contributed by atoms with Crippen molar-refractivity contribution in [2.75, 3.05) is 12.4 Å². The summed E-state index contributed by atoms with van der Waals surface area (Å²) in [6.45, 7) is 2.08. The number of aryl methyl sites for hydroxylation is 1. The fourth-order valence-corrected chi connectivity index (χ4v) is 2.35. The molecule has 2 heterocycles. The summed E-state index contributed by atoms with van der Waals surface area (Å²) in [6, 6.07) is 14.2. The second kappa shape index (κ2) is 6.87. The van der Waals surface area contributed by atoms with Crippen LogP contribution < -0.4 is 10.1 Å². The van der Waals surface area contributed by atoms with E-state index in [0.717, 1.165) is 11.1 Å². The first-order valence-electron chi connectivity index (χ1n) is 7.35. The van der Waals surface area contributed by atoms with Gasteiger partial charge in [0.15, 0.2) is 0 Å². The van der Waals surface area contributed by atoms with E-state index in [1.807, 2.05) is 12.1 Å². The molecular weight excluding hydrogens is 288 g/mol. The van der Waals surface area contributed by atoms with Crippen LogP contribution in [0.4, 0.5) is 5.82 Å². The van der Waals surface area contributed by atoms with Gasteiger partial charge in [-0.25, -0.2) is 9.97 Å². The topological polar surface area (TPSA) is 59.9 Å². The standard InChI is InChI=1S/C18H18N4O/c1-13-3-5-14(6-4-13)18(15-7-9-19-10-8-15)22-16-11-17(23-2)21-12-20-16/h3-12,18H,1-2H3,(H,20,21,22)/t18-/m1/s1. The maximum Gasteiger partial charge on any atom is 0.218 e. The molecule has 0 bridgehead atoms. The number of hydrogen-bond acceptors (Lipinski definition) is 5. The van der Waals surface area contributed by atoms with Crippen molar-refractivity contribution in [1.82, 2.24) is 15.0 Å². The van der Waals surface area contributed by atoms with Crippen LogP contribution in [0.5, 0.6) is 5.88 Å². The highest BCUT2D eigenvalue weighted by atomic mass is 16.5. The van der Waals surface area contributed by atoms with Crippen LogP contribution >= 0.6 is 0 Å². The summed E-state index contributed by atoms with van der Waals surface area (Å²) in [5, 5.41) is 3.45. The molecule has 1 atom stereocenters. The van der Waals surface area contributed by atoms with Gasteiger partial charge in [-0.3, -0.25) is 4.98 Å². The molecule has 0 spiro atoms. The van der Waals surface area contributed by atoms with Gasteiger partial charge in [0.25, 0.3) is 0 Å². The molecule has 0 aliphatic rings. The number of pyridine rings is 1. The lowest BCUT2D eigenvalue weighted by Gasteiger charge is -2.20. The molecular formula is C18H18N4O. The van der Waals surface area contributed by atoms with Crippen molar-refractivity contribution >= 4 is 5.82 Å². The van der Waals surface area contributed by atoms with Crippen LogP contribution in [0.25, 0.3) is 0 Å². The second-order valence-corrected chi connectivity index (χ2v) is 5.21. The van der Waals surface area contributed by atoms with Crippen molar-refractivity contribution < 1.29 is 4.74 Å². The van der Waals surface area contributed by atoms with Crippen LogP contribution in [0.3, 0.4) is 0 Å². The van der Waals surface area contributed by atoms with Crippen molar-refractivity contribution in [3.63, 3.8) is 0 Å². The van der Waals surface area contributed by atoms with Gasteiger partial charge in [0.05, 0.1) is 13.2 Å². The molecule has 2 aromatic heterocycles. The Balaban J connectivity index is 1.96. The number of anilines is 1. The van der Waals surface area contributed by atoms with Gasteiger partial charge in [0.2, 0.25) is 5.88 Å². The fourth-order valence-electron chi connectivity index (χ4n) is 2.35. The van der Waals surface area contributed by atoms with E-state index >= 15 is 0 Å². The number of nitrogens with zero attached hydrogens (tertiary/aromatic N) is 3. The lowest BCUT2D eigenvalue weighted by molar-refractivity contribution is 0.397. The van der Waals surface area contributed by atoms with Crippen LogP contribution in [-0.4, -0.2) is 22.1 Å². The Kier molecular flexibility index (Phi) is 4.47. The van der Waals surface area contributed by atoms with E-state index in [9.17, 15) is 0 Å². The highest BCUT2D eigenvalue weighted by Gasteiger charge is 2.15. The molecule has 0 saturated heterocycles. The first-order valence-corrected chi connectivity index (χ1v) is 7.35. The second-order valence-electron chi connectivity index (χ2n) is 5.21. The number of aromatic nitrogens is 3. The van der Waals surface area contributed by atoms with Gasteiger partial charge in [0.1, 0.15) is 12.1 Å². The van der Waals surface area contributed by atoms with Crippen molar-refractivity contribution in [2.45, 2.75) is 13.0 Å². The Bertz CT molecular complexity index is 759. The molecule has 3 rings (SSSR count). The zero-order valence-corrected chi connectivity index (χ0v) is 13.1. The van der Waals surface area contributed by atoms with Gasteiger partial charge in [0, 0.05) is 18.5 Å². The molecule has 0 amide bonds. The lowest BCUT2D eigenvalue weighted by atomic mass is 9.98. The Morgan fingerprint density at radius 1 is 0.957 bits per heavy atom. The van der Waals surface area contributed by atoms with Crippen LogP contribution in [0.2, 0.25) is 0 Å². The molecule has 0 aliphatic carbocycles. The Morgan fingerprint density at radius 2 is 1.65 bits per heavy atom. The summed E-state index contributed by atoms with van der Waals surface area (Å²) < 4.78 is 5.16. The van der Waals surface area contributed by atoms with Crippen LogP contribution in [0.15, 0.2) is 61.2 Å². The van der Waals surface area contributed by atoms with Crippen LogP contribution in [-0.2, 0) is 0 Å². The number of methoxy groups -OCH3 is 1. The minimum atomic E-state index is -0.0294. The molecule has 0 radical (unpaired) electrons. The summed E-state index contributed by atoms with van der Waals surface area (Å²) >= 11 is 0. The average molecular weight is 306 g/mol. The normalized spacial score (nSPS) is 11.7. The van der Waals surface area contributed by atoms with E-state index in [-0.39, 0.29) is 6.04 Å². The average Bonchev–Trinajstić information content (AvgIpc) is 2.61. The van der Waals surface area contributed by atoms with Gasteiger partial charge in [-0.15, -0.1) is 0 Å². The maximum absolute atomic E-state index is 5.16. The third kappa shape index (κ3) is 3.63. The number of ether oxygens (including phenoxy) is 1. The third-order valence-corrected chi connectivity index (χ3v) is 3.59. The van der Waals surface area contributed by atoms with Crippen LogP contribution in [0.1, 0.15) is 22.7 Å². The smallest absolute Gasteiger partial charge is 0.218 e. The summed E-state index contributed by atoms with van der Waals surface area (Å²) in [6.07, 6.45) is 5.07. The van der Waals surface area contributed by atoms with Crippen molar-refractivity contribution in [3.8, 4) is 5.88 Å². The lowest BCUT2D eigenvalue weighted by Crippen LogP contribution is -2.13. The van der Waals surface area contributed by atoms with E-state index in [4.69, 9.17) is 4.74 Å². The number of rotatable bonds is 5. The first-order chi connectivity index (χ1) is 11.3. The minimum Gasteiger partial charge on any atom is -0.481 e. The molecule has 5 nitrogen and oxygen atoms in total. The number of hydrogen-bond donors (Lipinski definition) is 1. The summed E-state index contributed by atoms with van der Waals surface area (Å²) in [4.78, 5) is 12.4. The Labute approximate surface area is 135 Å². The van der Waals surface area contributed by atoms with E-state index in [0.29, 0.717) is 11.7 Å². The SMILES string of the molecule is COc1cc(N[C@@H](c2ccncc2)c2ccc(C)cc2)ncn1. The van der Waals surface area contributed by atoms with Crippen LogP contribution in [0, 0.1) is 6.92 Å². The van der Waals surface area contributed by atoms with Gasteiger partial charge in [-0.2, -0.15) is 0 Å². The monoisotopic (exact) mass is 306 g/mol. The largest absolute Gasteiger partial charge is 0.481 e. The van der Waals surface area contributed by atoms with Crippen molar-refractivity contribution in [3.05, 3.63) is 77.9 Å². The molecule has 116 valence electrons. The number of nitrogens with one attached hydrogen (secondary N) is 1. The summed E-state index contributed by atoms with van der Waals surface area (Å²) in [7, 11) is 1.59. The summed E-state index contributed by atoms with van der Waals surface area (Å²) in [5.41, 5.74) is 3.49. The van der Waals surface area contributed by atoms with Gasteiger partial charge in [-0.1, -0.05) is 29.8 Å². The number of benzene rings is 1. The summed E-state index contributed by atoms with van der Waals surface area (Å²) in [5.74, 6) is 1.24. The van der Waals surface area contributed by atoms with E-state index in [1.54, 1.807) is 25.6 Å². The van der Waals surface area contributed by atoms with E-state index in [1.165, 1.54) is 11.9 Å².